The SMILES string of the molecule is CSCCCNS(=O)(=O)c1cc(CNC2CC2)sc1C. The summed E-state index contributed by atoms with van der Waals surface area (Å²) >= 11 is 3.30. The average Bonchev–Trinajstić information content (AvgIpc) is 3.15. The first-order chi connectivity index (χ1) is 9.53. The van der Waals surface area contributed by atoms with Crippen LogP contribution >= 0.6 is 23.1 Å². The summed E-state index contributed by atoms with van der Waals surface area (Å²) in [5, 5.41) is 3.42. The number of sulfonamides is 1. The van der Waals surface area contributed by atoms with E-state index >= 15 is 0 Å². The zero-order chi connectivity index (χ0) is 14.6. The molecule has 20 heavy (non-hydrogen) atoms. The third-order valence-electron chi connectivity index (χ3n) is 3.17. The number of rotatable bonds is 9. The summed E-state index contributed by atoms with van der Waals surface area (Å²) in [6.07, 6.45) is 5.37. The summed E-state index contributed by atoms with van der Waals surface area (Å²) in [4.78, 5) is 2.41. The minimum absolute atomic E-state index is 0.444. The molecule has 0 saturated heterocycles. The van der Waals surface area contributed by atoms with Crippen molar-refractivity contribution >= 4 is 33.1 Å². The highest BCUT2D eigenvalue weighted by Gasteiger charge is 2.22. The fraction of sp³-hybridized carbons (Fsp3) is 0.692. The van der Waals surface area contributed by atoms with Crippen molar-refractivity contribution in [1.29, 1.82) is 0 Å². The zero-order valence-electron chi connectivity index (χ0n) is 11.9. The van der Waals surface area contributed by atoms with Gasteiger partial charge in [0, 0.05) is 28.9 Å². The highest BCUT2D eigenvalue weighted by atomic mass is 32.2. The molecular weight excluding hydrogens is 312 g/mol. The normalized spacial score (nSPS) is 15.7. The molecule has 0 radical (unpaired) electrons. The lowest BCUT2D eigenvalue weighted by Crippen LogP contribution is -2.25. The third kappa shape index (κ3) is 4.73. The van der Waals surface area contributed by atoms with Gasteiger partial charge in [0.1, 0.15) is 0 Å². The van der Waals surface area contributed by atoms with Crippen molar-refractivity contribution < 1.29 is 8.42 Å². The summed E-state index contributed by atoms with van der Waals surface area (Å²) in [6.45, 7) is 3.16. The van der Waals surface area contributed by atoms with Crippen molar-refractivity contribution in [1.82, 2.24) is 10.0 Å². The number of hydrogen-bond acceptors (Lipinski definition) is 5. The van der Waals surface area contributed by atoms with E-state index < -0.39 is 10.0 Å². The summed E-state index contributed by atoms with van der Waals surface area (Å²) in [7, 11) is -3.35. The molecule has 0 spiro atoms. The molecule has 114 valence electrons. The molecule has 1 fully saturated rings. The fourth-order valence-corrected chi connectivity index (χ4v) is 5.00. The van der Waals surface area contributed by atoms with Crippen molar-refractivity contribution in [3.05, 3.63) is 15.8 Å². The molecule has 0 amide bonds. The maximum atomic E-state index is 12.2. The molecule has 4 nitrogen and oxygen atoms in total. The van der Waals surface area contributed by atoms with Gasteiger partial charge in [0.05, 0.1) is 4.90 Å². The van der Waals surface area contributed by atoms with Gasteiger partial charge < -0.3 is 5.32 Å². The largest absolute Gasteiger partial charge is 0.309 e. The highest BCUT2D eigenvalue weighted by molar-refractivity contribution is 7.98. The topological polar surface area (TPSA) is 58.2 Å². The minimum atomic E-state index is -3.35. The maximum Gasteiger partial charge on any atom is 0.241 e. The Hall–Kier alpha value is -0.0800. The van der Waals surface area contributed by atoms with E-state index in [0.29, 0.717) is 17.5 Å². The molecule has 7 heteroatoms. The Bertz CT molecular complexity index is 536. The molecule has 1 aliphatic rings. The van der Waals surface area contributed by atoms with Gasteiger partial charge in [-0.2, -0.15) is 11.8 Å². The first-order valence-electron chi connectivity index (χ1n) is 6.84. The van der Waals surface area contributed by atoms with Crippen LogP contribution in [-0.4, -0.2) is 33.0 Å². The summed E-state index contributed by atoms with van der Waals surface area (Å²) in [5.41, 5.74) is 0. The van der Waals surface area contributed by atoms with Crippen LogP contribution in [0.1, 0.15) is 29.0 Å². The highest BCUT2D eigenvalue weighted by Crippen LogP contribution is 2.27. The smallest absolute Gasteiger partial charge is 0.241 e. The molecule has 1 saturated carbocycles. The molecule has 1 aromatic rings. The van der Waals surface area contributed by atoms with Crippen LogP contribution in [0.2, 0.25) is 0 Å². The van der Waals surface area contributed by atoms with E-state index in [1.807, 2.05) is 19.2 Å². The van der Waals surface area contributed by atoms with Crippen molar-refractivity contribution in [3.8, 4) is 0 Å². The van der Waals surface area contributed by atoms with Crippen LogP contribution in [0.4, 0.5) is 0 Å². The molecule has 2 N–H and O–H groups in total. The second kappa shape index (κ2) is 7.26. The van der Waals surface area contributed by atoms with Crippen LogP contribution in [0.15, 0.2) is 11.0 Å². The molecule has 1 aromatic heterocycles. The second-order valence-electron chi connectivity index (χ2n) is 5.03. The zero-order valence-corrected chi connectivity index (χ0v) is 14.4. The summed E-state index contributed by atoms with van der Waals surface area (Å²) in [6, 6.07) is 2.45. The van der Waals surface area contributed by atoms with Gasteiger partial charge in [-0.05, 0) is 44.3 Å². The Morgan fingerprint density at radius 1 is 1.45 bits per heavy atom. The fourth-order valence-electron chi connectivity index (χ4n) is 1.91. The van der Waals surface area contributed by atoms with Gasteiger partial charge in [-0.15, -0.1) is 11.3 Å². The second-order valence-corrected chi connectivity index (χ2v) is 9.09. The first kappa shape index (κ1) is 16.3. The van der Waals surface area contributed by atoms with Crippen molar-refractivity contribution in [2.24, 2.45) is 0 Å². The van der Waals surface area contributed by atoms with Gasteiger partial charge in [-0.25, -0.2) is 13.1 Å². The summed E-state index contributed by atoms with van der Waals surface area (Å²) in [5.74, 6) is 0.974. The number of hydrogen-bond donors (Lipinski definition) is 2. The molecule has 1 aliphatic carbocycles. The van der Waals surface area contributed by atoms with E-state index in [9.17, 15) is 8.42 Å². The molecule has 0 atom stereocenters. The van der Waals surface area contributed by atoms with E-state index in [1.165, 1.54) is 12.8 Å². The molecule has 0 aliphatic heterocycles. The Morgan fingerprint density at radius 2 is 2.20 bits per heavy atom. The van der Waals surface area contributed by atoms with Crippen molar-refractivity contribution in [2.75, 3.05) is 18.6 Å². The van der Waals surface area contributed by atoms with Gasteiger partial charge >= 0.3 is 0 Å². The van der Waals surface area contributed by atoms with Crippen LogP contribution in [0.5, 0.6) is 0 Å². The average molecular weight is 335 g/mol. The van der Waals surface area contributed by atoms with Crippen LogP contribution in [-0.2, 0) is 16.6 Å². The summed E-state index contributed by atoms with van der Waals surface area (Å²) < 4.78 is 27.2. The van der Waals surface area contributed by atoms with Gasteiger partial charge in [-0.1, -0.05) is 0 Å². The lowest BCUT2D eigenvalue weighted by molar-refractivity contribution is 0.581. The molecule has 0 aromatic carbocycles. The van der Waals surface area contributed by atoms with Crippen molar-refractivity contribution in [2.45, 2.75) is 43.7 Å². The van der Waals surface area contributed by atoms with Crippen LogP contribution in [0.25, 0.3) is 0 Å². The Morgan fingerprint density at radius 3 is 2.85 bits per heavy atom. The van der Waals surface area contributed by atoms with Crippen LogP contribution in [0.3, 0.4) is 0 Å². The number of thiophene rings is 1. The molecule has 2 rings (SSSR count). The lowest BCUT2D eigenvalue weighted by Gasteiger charge is -2.05. The predicted octanol–water partition coefficient (Wildman–Crippen LogP) is 2.34. The number of thioether (sulfide) groups is 1. The van der Waals surface area contributed by atoms with Gasteiger partial charge in [0.2, 0.25) is 10.0 Å². The third-order valence-corrected chi connectivity index (χ3v) is 6.64. The molecule has 0 bridgehead atoms. The van der Waals surface area contributed by atoms with E-state index in [-0.39, 0.29) is 0 Å². The lowest BCUT2D eigenvalue weighted by atomic mass is 10.4. The Labute approximate surface area is 129 Å². The van der Waals surface area contributed by atoms with E-state index in [1.54, 1.807) is 23.1 Å². The van der Waals surface area contributed by atoms with Crippen LogP contribution in [0, 0.1) is 6.92 Å². The van der Waals surface area contributed by atoms with E-state index in [4.69, 9.17) is 0 Å². The number of nitrogens with one attached hydrogen (secondary N) is 2. The monoisotopic (exact) mass is 334 g/mol. The quantitative estimate of drug-likeness (QED) is 0.681. The van der Waals surface area contributed by atoms with Gasteiger partial charge in [0.15, 0.2) is 0 Å². The molecular formula is C13H22N2O2S3. The van der Waals surface area contributed by atoms with Crippen molar-refractivity contribution in [3.63, 3.8) is 0 Å². The number of aryl methyl sites for hydroxylation is 1. The standard InChI is InChI=1S/C13H22N2O2S3/c1-10-13(20(16,17)15-6-3-7-18-2)8-12(19-10)9-14-11-4-5-11/h8,11,14-15H,3-7,9H2,1-2H3. The predicted molar refractivity (Wildman–Crippen MR) is 87.1 cm³/mol. The van der Waals surface area contributed by atoms with Gasteiger partial charge in [0.25, 0.3) is 0 Å². The molecule has 0 unspecified atom stereocenters. The maximum absolute atomic E-state index is 12.2. The van der Waals surface area contributed by atoms with E-state index in [0.717, 1.165) is 28.5 Å². The minimum Gasteiger partial charge on any atom is -0.309 e. The van der Waals surface area contributed by atoms with E-state index in [2.05, 4.69) is 10.0 Å². The van der Waals surface area contributed by atoms with Gasteiger partial charge in [-0.3, -0.25) is 0 Å². The first-order valence-corrected chi connectivity index (χ1v) is 10.5. The molecule has 1 heterocycles. The Kier molecular flexibility index (Phi) is 5.92. The van der Waals surface area contributed by atoms with Crippen LogP contribution < -0.4 is 10.0 Å². The Balaban J connectivity index is 1.94.